The molecule has 3 nitrogen and oxygen atoms in total. The normalized spacial score (nSPS) is 11.2. The third-order valence-corrected chi connectivity index (χ3v) is 3.97. The lowest BCUT2D eigenvalue weighted by Crippen LogP contribution is -2.13. The lowest BCUT2D eigenvalue weighted by atomic mass is 10.2. The molecule has 1 aromatic heterocycles. The quantitative estimate of drug-likeness (QED) is 0.589. The summed E-state index contributed by atoms with van der Waals surface area (Å²) in [7, 11) is 0. The molecule has 2 aromatic rings. The van der Waals surface area contributed by atoms with Crippen molar-refractivity contribution in [2.45, 2.75) is 37.1 Å². The number of nitrogens with zero attached hydrogens (tertiary/aromatic N) is 2. The van der Waals surface area contributed by atoms with E-state index in [1.54, 1.807) is 0 Å². The highest BCUT2D eigenvalue weighted by Gasteiger charge is 2.11. The Morgan fingerprint density at radius 3 is 3.00 bits per heavy atom. The van der Waals surface area contributed by atoms with E-state index in [0.29, 0.717) is 11.6 Å². The number of benzene rings is 1. The van der Waals surface area contributed by atoms with Gasteiger partial charge in [0, 0.05) is 23.8 Å². The second kappa shape index (κ2) is 8.14. The van der Waals surface area contributed by atoms with Crippen molar-refractivity contribution < 1.29 is 8.78 Å². The average Bonchev–Trinajstić information content (AvgIpc) is 2.94. The molecule has 0 aliphatic heterocycles. The van der Waals surface area contributed by atoms with Crippen LogP contribution >= 0.6 is 11.8 Å². The van der Waals surface area contributed by atoms with Gasteiger partial charge in [0.1, 0.15) is 5.82 Å². The number of hydrogen-bond donors (Lipinski definition) is 1. The van der Waals surface area contributed by atoms with Gasteiger partial charge in [-0.3, -0.25) is 4.57 Å². The molecule has 0 amide bonds. The van der Waals surface area contributed by atoms with E-state index in [2.05, 4.69) is 29.4 Å². The highest BCUT2D eigenvalue weighted by atomic mass is 32.2. The molecule has 0 aliphatic carbocycles. The zero-order chi connectivity index (χ0) is 15.1. The summed E-state index contributed by atoms with van der Waals surface area (Å²) in [5.74, 6) is 0.827. The van der Waals surface area contributed by atoms with Crippen LogP contribution in [0.5, 0.6) is 0 Å². The second-order valence-corrected chi connectivity index (χ2v) is 5.69. The lowest BCUT2D eigenvalue weighted by molar-refractivity contribution is 0.0678. The summed E-state index contributed by atoms with van der Waals surface area (Å²) >= 11 is 1.52. The molecule has 0 aliphatic rings. The van der Waals surface area contributed by atoms with Crippen molar-refractivity contribution in [2.24, 2.45) is 0 Å². The monoisotopic (exact) mass is 311 g/mol. The molecule has 2 rings (SSSR count). The zero-order valence-electron chi connectivity index (χ0n) is 11.9. The highest BCUT2D eigenvalue weighted by Crippen LogP contribution is 2.24. The van der Waals surface area contributed by atoms with Crippen LogP contribution in [0.3, 0.4) is 0 Å². The van der Waals surface area contributed by atoms with Gasteiger partial charge in [0.2, 0.25) is 0 Å². The smallest absolute Gasteiger partial charge is 0.313 e. The first kappa shape index (κ1) is 16.0. The maximum Gasteiger partial charge on any atom is 0.319 e. The molecule has 0 bridgehead atoms. The maximum absolute atomic E-state index is 12.7. The van der Waals surface area contributed by atoms with Crippen LogP contribution < -0.4 is 5.32 Å². The van der Waals surface area contributed by atoms with E-state index in [-0.39, 0.29) is 0 Å². The third-order valence-electron chi connectivity index (χ3n) is 2.98. The Labute approximate surface area is 127 Å². The molecule has 0 atom stereocenters. The summed E-state index contributed by atoms with van der Waals surface area (Å²) in [6.07, 6.45) is 3.82. The van der Waals surface area contributed by atoms with Gasteiger partial charge >= 0.3 is 6.55 Å². The Morgan fingerprint density at radius 2 is 2.24 bits per heavy atom. The zero-order valence-corrected chi connectivity index (χ0v) is 12.7. The van der Waals surface area contributed by atoms with E-state index in [9.17, 15) is 8.78 Å². The Bertz CT molecular complexity index is 557. The average molecular weight is 311 g/mol. The van der Waals surface area contributed by atoms with Crippen molar-refractivity contribution in [1.82, 2.24) is 14.9 Å². The molecule has 21 heavy (non-hydrogen) atoms. The van der Waals surface area contributed by atoms with Crippen molar-refractivity contribution in [1.29, 1.82) is 0 Å². The van der Waals surface area contributed by atoms with Gasteiger partial charge in [0.05, 0.1) is 5.75 Å². The van der Waals surface area contributed by atoms with Crippen LogP contribution in [-0.4, -0.2) is 16.1 Å². The Kier molecular flexibility index (Phi) is 6.20. The van der Waals surface area contributed by atoms with Crippen molar-refractivity contribution in [3.63, 3.8) is 0 Å². The SMILES string of the molecule is CCCNCc1cccc(SCc2nccn2C(F)F)c1. The van der Waals surface area contributed by atoms with Crippen LogP contribution in [0.4, 0.5) is 8.78 Å². The fraction of sp³-hybridized carbons (Fsp3) is 0.400. The summed E-state index contributed by atoms with van der Waals surface area (Å²) in [6.45, 7) is 1.41. The summed E-state index contributed by atoms with van der Waals surface area (Å²) in [5, 5.41) is 3.35. The van der Waals surface area contributed by atoms with Crippen molar-refractivity contribution in [3.8, 4) is 0 Å². The molecule has 0 fully saturated rings. The highest BCUT2D eigenvalue weighted by molar-refractivity contribution is 7.98. The van der Waals surface area contributed by atoms with Gasteiger partial charge in [-0.25, -0.2) is 4.98 Å². The number of imidazole rings is 1. The molecule has 1 aromatic carbocycles. The molecular weight excluding hydrogens is 292 g/mol. The summed E-state index contributed by atoms with van der Waals surface area (Å²) in [5.41, 5.74) is 1.20. The Balaban J connectivity index is 1.93. The number of hydrogen-bond acceptors (Lipinski definition) is 3. The lowest BCUT2D eigenvalue weighted by Gasteiger charge is -2.08. The fourth-order valence-corrected chi connectivity index (χ4v) is 2.86. The van der Waals surface area contributed by atoms with E-state index in [1.807, 2.05) is 12.1 Å². The fourth-order valence-electron chi connectivity index (χ4n) is 1.94. The first-order chi connectivity index (χ1) is 10.2. The van der Waals surface area contributed by atoms with E-state index in [1.165, 1.54) is 29.7 Å². The maximum atomic E-state index is 12.7. The number of halogens is 2. The van der Waals surface area contributed by atoms with Gasteiger partial charge < -0.3 is 5.32 Å². The largest absolute Gasteiger partial charge is 0.319 e. The number of thioether (sulfide) groups is 1. The third kappa shape index (κ3) is 4.82. The summed E-state index contributed by atoms with van der Waals surface area (Å²) < 4.78 is 26.4. The molecule has 0 spiro atoms. The molecule has 114 valence electrons. The second-order valence-electron chi connectivity index (χ2n) is 4.64. The van der Waals surface area contributed by atoms with Crippen molar-refractivity contribution in [2.75, 3.05) is 6.54 Å². The predicted octanol–water partition coefficient (Wildman–Crippen LogP) is 4.07. The van der Waals surface area contributed by atoms with Gasteiger partial charge in [-0.05, 0) is 30.7 Å². The Hall–Kier alpha value is -1.40. The van der Waals surface area contributed by atoms with Crippen LogP contribution in [0.15, 0.2) is 41.6 Å². The summed E-state index contributed by atoms with van der Waals surface area (Å²) in [6, 6.07) is 8.13. The van der Waals surface area contributed by atoms with Crippen LogP contribution in [0.1, 0.15) is 31.3 Å². The summed E-state index contributed by atoms with van der Waals surface area (Å²) in [4.78, 5) is 5.05. The molecule has 1 N–H and O–H groups in total. The topological polar surface area (TPSA) is 29.9 Å². The molecule has 0 radical (unpaired) electrons. The minimum Gasteiger partial charge on any atom is -0.313 e. The number of nitrogens with one attached hydrogen (secondary N) is 1. The van der Waals surface area contributed by atoms with Crippen LogP contribution in [-0.2, 0) is 12.3 Å². The minimum atomic E-state index is -2.53. The number of aromatic nitrogens is 2. The van der Waals surface area contributed by atoms with Crippen molar-refractivity contribution in [3.05, 3.63) is 48.0 Å². The first-order valence-electron chi connectivity index (χ1n) is 6.93. The molecule has 0 unspecified atom stereocenters. The minimum absolute atomic E-state index is 0.393. The van der Waals surface area contributed by atoms with Crippen molar-refractivity contribution >= 4 is 11.8 Å². The van der Waals surface area contributed by atoms with Crippen LogP contribution in [0.2, 0.25) is 0 Å². The van der Waals surface area contributed by atoms with E-state index in [4.69, 9.17) is 0 Å². The molecule has 6 heteroatoms. The first-order valence-corrected chi connectivity index (χ1v) is 7.91. The molecule has 1 heterocycles. The van der Waals surface area contributed by atoms with Gasteiger partial charge in [-0.2, -0.15) is 8.78 Å². The molecular formula is C15H19F2N3S. The molecule has 0 saturated heterocycles. The van der Waals surface area contributed by atoms with Gasteiger partial charge in [0.25, 0.3) is 0 Å². The predicted molar refractivity (Wildman–Crippen MR) is 81.5 cm³/mol. The molecule has 0 saturated carbocycles. The standard InChI is InChI=1S/C15H19F2N3S/c1-2-6-18-10-12-4-3-5-13(9-12)21-11-14-19-7-8-20(14)15(16)17/h3-5,7-9,15,18H,2,6,10-11H2,1H3. The number of rotatable bonds is 8. The van der Waals surface area contributed by atoms with Gasteiger partial charge in [0.15, 0.2) is 0 Å². The van der Waals surface area contributed by atoms with Gasteiger partial charge in [-0.15, -0.1) is 11.8 Å². The van der Waals surface area contributed by atoms with E-state index < -0.39 is 6.55 Å². The number of alkyl halides is 2. The van der Waals surface area contributed by atoms with Gasteiger partial charge in [-0.1, -0.05) is 19.1 Å². The van der Waals surface area contributed by atoms with Crippen LogP contribution in [0.25, 0.3) is 0 Å². The van der Waals surface area contributed by atoms with Crippen LogP contribution in [0, 0.1) is 0 Å². The van der Waals surface area contributed by atoms with E-state index in [0.717, 1.165) is 29.0 Å². The van der Waals surface area contributed by atoms with E-state index >= 15 is 0 Å². The Morgan fingerprint density at radius 1 is 1.38 bits per heavy atom.